The number of hydrogen-bond donors (Lipinski definition) is 2. The van der Waals surface area contributed by atoms with E-state index in [-0.39, 0.29) is 0 Å². The van der Waals surface area contributed by atoms with E-state index < -0.39 is 0 Å². The highest BCUT2D eigenvalue weighted by Gasteiger charge is 2.17. The highest BCUT2D eigenvalue weighted by atomic mass is 35.5. The lowest BCUT2D eigenvalue weighted by molar-refractivity contribution is 0.251. The molecule has 4 nitrogen and oxygen atoms in total. The molecule has 2 heterocycles. The van der Waals surface area contributed by atoms with Crippen LogP contribution in [0, 0.1) is 0 Å². The van der Waals surface area contributed by atoms with Crippen molar-refractivity contribution in [2.24, 2.45) is 0 Å². The Morgan fingerprint density at radius 1 is 1.40 bits per heavy atom. The maximum absolute atomic E-state index is 6.17. The van der Waals surface area contributed by atoms with Crippen molar-refractivity contribution in [3.05, 3.63) is 16.7 Å². The van der Waals surface area contributed by atoms with Crippen LogP contribution in [-0.4, -0.2) is 40.5 Å². The molecule has 1 aliphatic rings. The van der Waals surface area contributed by atoms with Gasteiger partial charge in [0.1, 0.15) is 5.82 Å². The number of aromatic amines is 1. The summed E-state index contributed by atoms with van der Waals surface area (Å²) in [5.41, 5.74) is 1.02. The van der Waals surface area contributed by atoms with Crippen molar-refractivity contribution in [2.45, 2.75) is 58.5 Å². The number of aromatic nitrogens is 2. The lowest BCUT2D eigenvalue weighted by Crippen LogP contribution is -2.38. The maximum atomic E-state index is 6.17. The van der Waals surface area contributed by atoms with E-state index in [1.54, 1.807) is 0 Å². The van der Waals surface area contributed by atoms with Crippen molar-refractivity contribution in [1.29, 1.82) is 0 Å². The van der Waals surface area contributed by atoms with Gasteiger partial charge in [-0.15, -0.1) is 0 Å². The molecular formula is C15H27ClN4. The molecule has 114 valence electrons. The molecule has 0 saturated carbocycles. The van der Waals surface area contributed by atoms with Gasteiger partial charge < -0.3 is 10.3 Å². The largest absolute Gasteiger partial charge is 0.344 e. The molecular weight excluding hydrogens is 272 g/mol. The average Bonchev–Trinajstić information content (AvgIpc) is 3.07. The lowest BCUT2D eigenvalue weighted by Gasteiger charge is -2.23. The average molecular weight is 299 g/mol. The Bertz CT molecular complexity index is 399. The van der Waals surface area contributed by atoms with Crippen LogP contribution < -0.4 is 5.32 Å². The van der Waals surface area contributed by atoms with Gasteiger partial charge in [-0.1, -0.05) is 24.9 Å². The second-order valence-corrected chi connectivity index (χ2v) is 6.14. The molecule has 0 bridgehead atoms. The zero-order valence-electron chi connectivity index (χ0n) is 12.7. The fraction of sp³-hybridized carbons (Fsp3) is 0.800. The van der Waals surface area contributed by atoms with E-state index in [1.165, 1.54) is 32.4 Å². The van der Waals surface area contributed by atoms with Crippen LogP contribution in [-0.2, 0) is 13.0 Å². The number of H-pyrrole nitrogens is 1. The van der Waals surface area contributed by atoms with Crippen LogP contribution in [0.1, 0.15) is 51.0 Å². The highest BCUT2D eigenvalue weighted by molar-refractivity contribution is 6.30. The van der Waals surface area contributed by atoms with Crippen LogP contribution in [0.2, 0.25) is 5.15 Å². The fourth-order valence-corrected chi connectivity index (χ4v) is 2.95. The van der Waals surface area contributed by atoms with E-state index in [0.717, 1.165) is 37.4 Å². The summed E-state index contributed by atoms with van der Waals surface area (Å²) in [6, 6.07) is 0.596. The molecule has 1 aliphatic heterocycles. The predicted molar refractivity (Wildman–Crippen MR) is 84.2 cm³/mol. The number of imidazole rings is 1. The minimum absolute atomic E-state index is 0.596. The Hall–Kier alpha value is -0.580. The summed E-state index contributed by atoms with van der Waals surface area (Å²) < 4.78 is 0. The number of unbranched alkanes of at least 4 members (excludes halogenated alkanes) is 1. The van der Waals surface area contributed by atoms with Gasteiger partial charge in [0.2, 0.25) is 0 Å². The van der Waals surface area contributed by atoms with Gasteiger partial charge in [-0.2, -0.15) is 0 Å². The smallest absolute Gasteiger partial charge is 0.151 e. The van der Waals surface area contributed by atoms with Crippen molar-refractivity contribution in [3.8, 4) is 0 Å². The Morgan fingerprint density at radius 3 is 2.85 bits per heavy atom. The van der Waals surface area contributed by atoms with Crippen LogP contribution >= 0.6 is 11.6 Å². The van der Waals surface area contributed by atoms with E-state index >= 15 is 0 Å². The number of nitrogens with zero attached hydrogens (tertiary/aromatic N) is 2. The zero-order valence-corrected chi connectivity index (χ0v) is 13.5. The Kier molecular flexibility index (Phi) is 6.33. The van der Waals surface area contributed by atoms with E-state index in [2.05, 4.69) is 34.0 Å². The molecule has 20 heavy (non-hydrogen) atoms. The summed E-state index contributed by atoms with van der Waals surface area (Å²) in [6.45, 7) is 8.74. The second-order valence-electron chi connectivity index (χ2n) is 5.78. The third-order valence-corrected chi connectivity index (χ3v) is 4.36. The highest BCUT2D eigenvalue weighted by Crippen LogP contribution is 2.14. The van der Waals surface area contributed by atoms with Crippen molar-refractivity contribution >= 4 is 11.6 Å². The molecule has 1 aromatic heterocycles. The first-order valence-corrected chi connectivity index (χ1v) is 8.26. The van der Waals surface area contributed by atoms with Crippen LogP contribution in [0.3, 0.4) is 0 Å². The molecule has 1 unspecified atom stereocenters. The summed E-state index contributed by atoms with van der Waals surface area (Å²) in [5, 5.41) is 4.11. The molecule has 1 fully saturated rings. The number of nitrogens with one attached hydrogen (secondary N) is 2. The summed E-state index contributed by atoms with van der Waals surface area (Å²) >= 11 is 6.17. The third-order valence-electron chi connectivity index (χ3n) is 4.05. The van der Waals surface area contributed by atoms with E-state index in [0.29, 0.717) is 11.2 Å². The number of halogens is 1. The Balaban J connectivity index is 1.74. The molecule has 2 rings (SSSR count). The molecule has 1 aromatic rings. The summed E-state index contributed by atoms with van der Waals surface area (Å²) in [4.78, 5) is 10.3. The molecule has 1 atom stereocenters. The fourth-order valence-electron chi connectivity index (χ4n) is 2.74. The molecule has 2 N–H and O–H groups in total. The quantitative estimate of drug-likeness (QED) is 0.775. The van der Waals surface area contributed by atoms with Crippen molar-refractivity contribution in [1.82, 2.24) is 20.2 Å². The number of aryl methyl sites for hydroxylation is 1. The zero-order chi connectivity index (χ0) is 14.4. The standard InChI is InChI=1S/C15H27ClN4/c1-3-4-7-14-18-13(15(16)19-14)11-17-10-12(2)20-8-5-6-9-20/h12,17H,3-11H2,1-2H3,(H,18,19). The van der Waals surface area contributed by atoms with Crippen LogP contribution in [0.4, 0.5) is 0 Å². The monoisotopic (exact) mass is 298 g/mol. The summed E-state index contributed by atoms with van der Waals surface area (Å²) in [5.74, 6) is 1.02. The normalized spacial score (nSPS) is 17.8. The molecule has 0 radical (unpaired) electrons. The van der Waals surface area contributed by atoms with Gasteiger partial charge >= 0.3 is 0 Å². The number of likely N-dealkylation sites (tertiary alicyclic amines) is 1. The molecule has 0 spiro atoms. The molecule has 0 amide bonds. The van der Waals surface area contributed by atoms with Crippen LogP contribution in [0.25, 0.3) is 0 Å². The Morgan fingerprint density at radius 2 is 2.15 bits per heavy atom. The van der Waals surface area contributed by atoms with Gasteiger partial charge in [-0.3, -0.25) is 4.90 Å². The molecule has 0 aromatic carbocycles. The van der Waals surface area contributed by atoms with Crippen molar-refractivity contribution < 1.29 is 0 Å². The summed E-state index contributed by atoms with van der Waals surface area (Å²) in [7, 11) is 0. The van der Waals surface area contributed by atoms with Crippen LogP contribution in [0.15, 0.2) is 0 Å². The molecule has 5 heteroatoms. The van der Waals surface area contributed by atoms with Gasteiger partial charge in [-0.25, -0.2) is 4.98 Å². The van der Waals surface area contributed by atoms with Gasteiger partial charge in [-0.05, 0) is 39.3 Å². The minimum Gasteiger partial charge on any atom is -0.344 e. The molecule has 0 aliphatic carbocycles. The predicted octanol–water partition coefficient (Wildman–Crippen LogP) is 2.98. The topological polar surface area (TPSA) is 44.0 Å². The SMILES string of the molecule is CCCCc1nc(Cl)c(CNCC(C)N2CCCC2)[nH]1. The number of hydrogen-bond acceptors (Lipinski definition) is 3. The van der Waals surface area contributed by atoms with Crippen molar-refractivity contribution in [2.75, 3.05) is 19.6 Å². The third kappa shape index (κ3) is 4.47. The van der Waals surface area contributed by atoms with Crippen LogP contribution in [0.5, 0.6) is 0 Å². The lowest BCUT2D eigenvalue weighted by atomic mass is 10.2. The van der Waals surface area contributed by atoms with Gasteiger partial charge in [0.05, 0.1) is 5.69 Å². The first-order valence-electron chi connectivity index (χ1n) is 7.88. The first kappa shape index (κ1) is 15.8. The van der Waals surface area contributed by atoms with E-state index in [9.17, 15) is 0 Å². The molecule has 1 saturated heterocycles. The minimum atomic E-state index is 0.596. The van der Waals surface area contributed by atoms with E-state index in [4.69, 9.17) is 11.6 Å². The van der Waals surface area contributed by atoms with Gasteiger partial charge in [0, 0.05) is 25.6 Å². The van der Waals surface area contributed by atoms with Gasteiger partial charge in [0.15, 0.2) is 5.15 Å². The summed E-state index contributed by atoms with van der Waals surface area (Å²) in [6.07, 6.45) is 6.01. The second kappa shape index (κ2) is 8.01. The number of rotatable bonds is 8. The van der Waals surface area contributed by atoms with E-state index in [1.807, 2.05) is 0 Å². The van der Waals surface area contributed by atoms with Gasteiger partial charge in [0.25, 0.3) is 0 Å². The Labute approximate surface area is 127 Å². The van der Waals surface area contributed by atoms with Crippen molar-refractivity contribution in [3.63, 3.8) is 0 Å². The maximum Gasteiger partial charge on any atom is 0.151 e. The first-order chi connectivity index (χ1) is 9.70.